The van der Waals surface area contributed by atoms with Crippen molar-refractivity contribution in [3.05, 3.63) is 29.8 Å². The van der Waals surface area contributed by atoms with Gasteiger partial charge in [-0.25, -0.2) is 0 Å². The summed E-state index contributed by atoms with van der Waals surface area (Å²) in [6.07, 6.45) is 0. The van der Waals surface area contributed by atoms with Crippen LogP contribution in [0.5, 0.6) is 0 Å². The van der Waals surface area contributed by atoms with E-state index < -0.39 is 5.91 Å². The summed E-state index contributed by atoms with van der Waals surface area (Å²) in [4.78, 5) is 24.8. The lowest BCUT2D eigenvalue weighted by atomic mass is 10.00. The highest BCUT2D eigenvalue weighted by Crippen LogP contribution is 2.32. The molecule has 0 aliphatic carbocycles. The Kier molecular flexibility index (Phi) is 3.50. The first-order chi connectivity index (χ1) is 8.63. The maximum atomic E-state index is 12.4. The molecule has 1 unspecified atom stereocenters. The van der Waals surface area contributed by atoms with Gasteiger partial charge in [-0.1, -0.05) is 18.2 Å². The molecule has 1 aromatic carbocycles. The number of fused-ring (bicyclic) bond motifs is 1. The van der Waals surface area contributed by atoms with Gasteiger partial charge in [0.1, 0.15) is 0 Å². The van der Waals surface area contributed by atoms with Gasteiger partial charge in [-0.2, -0.15) is 0 Å². The Morgan fingerprint density at radius 2 is 2.17 bits per heavy atom. The van der Waals surface area contributed by atoms with Crippen molar-refractivity contribution in [3.8, 4) is 0 Å². The minimum absolute atomic E-state index is 0.0198. The number of para-hydroxylation sites is 1. The molecule has 0 aromatic heterocycles. The smallest absolute Gasteiger partial charge is 0.237 e. The second kappa shape index (κ2) is 5.08. The number of nitrogens with one attached hydrogen (secondary N) is 1. The first kappa shape index (κ1) is 12.4. The number of hydrogen-bond donors (Lipinski definition) is 2. The quantitative estimate of drug-likeness (QED) is 0.815. The second-order valence-corrected chi connectivity index (χ2v) is 4.34. The van der Waals surface area contributed by atoms with Gasteiger partial charge in [0.05, 0.1) is 12.5 Å². The van der Waals surface area contributed by atoms with Crippen LogP contribution < -0.4 is 11.1 Å². The van der Waals surface area contributed by atoms with Crippen LogP contribution in [0.4, 0.5) is 5.69 Å². The lowest BCUT2D eigenvalue weighted by Crippen LogP contribution is -2.41. The van der Waals surface area contributed by atoms with Crippen LogP contribution in [0.25, 0.3) is 0 Å². The fraction of sp³-hybridized carbons (Fsp3) is 0.385. The molecule has 1 atom stereocenters. The SMILES string of the molecule is CCN(CC(N)=O)C(=O)C1CNc2ccccc21. The molecule has 0 radical (unpaired) electrons. The van der Waals surface area contributed by atoms with Gasteiger partial charge in [0, 0.05) is 18.8 Å². The fourth-order valence-corrected chi connectivity index (χ4v) is 2.26. The molecule has 0 saturated heterocycles. The first-order valence-corrected chi connectivity index (χ1v) is 6.03. The second-order valence-electron chi connectivity index (χ2n) is 4.34. The highest BCUT2D eigenvalue weighted by Gasteiger charge is 2.31. The molecule has 5 nitrogen and oxygen atoms in total. The number of nitrogens with zero attached hydrogens (tertiary/aromatic N) is 1. The van der Waals surface area contributed by atoms with Crippen molar-refractivity contribution in [2.24, 2.45) is 5.73 Å². The molecular weight excluding hydrogens is 230 g/mol. The lowest BCUT2D eigenvalue weighted by Gasteiger charge is -2.22. The van der Waals surface area contributed by atoms with E-state index in [1.165, 1.54) is 4.90 Å². The molecule has 1 aliphatic rings. The maximum absolute atomic E-state index is 12.4. The van der Waals surface area contributed by atoms with Gasteiger partial charge in [0.15, 0.2) is 0 Å². The summed E-state index contributed by atoms with van der Waals surface area (Å²) in [5, 5.41) is 3.20. The number of anilines is 1. The topological polar surface area (TPSA) is 75.4 Å². The monoisotopic (exact) mass is 247 g/mol. The van der Waals surface area contributed by atoms with E-state index in [-0.39, 0.29) is 18.4 Å². The third kappa shape index (κ3) is 2.30. The zero-order chi connectivity index (χ0) is 13.1. The van der Waals surface area contributed by atoms with Crippen molar-refractivity contribution in [1.29, 1.82) is 0 Å². The molecule has 0 saturated carbocycles. The Morgan fingerprint density at radius 3 is 2.83 bits per heavy atom. The summed E-state index contributed by atoms with van der Waals surface area (Å²) in [7, 11) is 0. The summed E-state index contributed by atoms with van der Waals surface area (Å²) < 4.78 is 0. The highest BCUT2D eigenvalue weighted by molar-refractivity contribution is 5.91. The number of likely N-dealkylation sites (N-methyl/N-ethyl adjacent to an activating group) is 1. The standard InChI is InChI=1S/C13H17N3O2/c1-2-16(8-12(14)17)13(18)10-7-15-11-6-4-3-5-9(10)11/h3-6,10,15H,2,7-8H2,1H3,(H2,14,17). The van der Waals surface area contributed by atoms with Gasteiger partial charge in [0.2, 0.25) is 11.8 Å². The third-order valence-electron chi connectivity index (χ3n) is 3.17. The minimum Gasteiger partial charge on any atom is -0.384 e. The van der Waals surface area contributed by atoms with Crippen LogP contribution in [0.15, 0.2) is 24.3 Å². The molecule has 3 N–H and O–H groups in total. The molecular formula is C13H17N3O2. The Hall–Kier alpha value is -2.04. The molecule has 1 aromatic rings. The Labute approximate surface area is 106 Å². The van der Waals surface area contributed by atoms with Crippen LogP contribution in [0.1, 0.15) is 18.4 Å². The number of carbonyl (C=O) groups is 2. The van der Waals surface area contributed by atoms with Gasteiger partial charge in [-0.3, -0.25) is 9.59 Å². The molecule has 0 bridgehead atoms. The van der Waals surface area contributed by atoms with E-state index in [9.17, 15) is 9.59 Å². The fourth-order valence-electron chi connectivity index (χ4n) is 2.26. The summed E-state index contributed by atoms with van der Waals surface area (Å²) >= 11 is 0. The Balaban J connectivity index is 2.17. The largest absolute Gasteiger partial charge is 0.384 e. The summed E-state index contributed by atoms with van der Waals surface area (Å²) in [6, 6.07) is 7.74. The van der Waals surface area contributed by atoms with E-state index >= 15 is 0 Å². The molecule has 0 spiro atoms. The number of benzene rings is 1. The number of primary amides is 1. The van der Waals surface area contributed by atoms with Crippen molar-refractivity contribution >= 4 is 17.5 Å². The van der Waals surface area contributed by atoms with Crippen molar-refractivity contribution in [1.82, 2.24) is 4.90 Å². The van der Waals surface area contributed by atoms with E-state index in [1.807, 2.05) is 31.2 Å². The molecule has 18 heavy (non-hydrogen) atoms. The Bertz CT molecular complexity index is 473. The average Bonchev–Trinajstić information content (AvgIpc) is 2.78. The molecule has 0 fully saturated rings. The minimum atomic E-state index is -0.482. The van der Waals surface area contributed by atoms with Crippen LogP contribution in [0.2, 0.25) is 0 Å². The van der Waals surface area contributed by atoms with E-state index in [4.69, 9.17) is 5.73 Å². The summed E-state index contributed by atoms with van der Waals surface area (Å²) in [6.45, 7) is 2.89. The average molecular weight is 247 g/mol. The van der Waals surface area contributed by atoms with E-state index in [2.05, 4.69) is 5.32 Å². The number of rotatable bonds is 4. The van der Waals surface area contributed by atoms with Crippen molar-refractivity contribution in [3.63, 3.8) is 0 Å². The van der Waals surface area contributed by atoms with E-state index in [0.29, 0.717) is 13.1 Å². The lowest BCUT2D eigenvalue weighted by molar-refractivity contribution is -0.135. The van der Waals surface area contributed by atoms with E-state index in [0.717, 1.165) is 11.3 Å². The van der Waals surface area contributed by atoms with Crippen molar-refractivity contribution in [2.75, 3.05) is 25.0 Å². The highest BCUT2D eigenvalue weighted by atomic mass is 16.2. The van der Waals surface area contributed by atoms with Crippen LogP contribution >= 0.6 is 0 Å². The Morgan fingerprint density at radius 1 is 1.44 bits per heavy atom. The maximum Gasteiger partial charge on any atom is 0.237 e. The number of nitrogens with two attached hydrogens (primary N) is 1. The third-order valence-corrected chi connectivity index (χ3v) is 3.17. The summed E-state index contributed by atoms with van der Waals surface area (Å²) in [5.41, 5.74) is 7.13. The van der Waals surface area contributed by atoms with Crippen molar-refractivity contribution < 1.29 is 9.59 Å². The van der Waals surface area contributed by atoms with Gasteiger partial charge in [0.25, 0.3) is 0 Å². The van der Waals surface area contributed by atoms with Gasteiger partial charge < -0.3 is 16.0 Å². The van der Waals surface area contributed by atoms with Gasteiger partial charge in [-0.15, -0.1) is 0 Å². The van der Waals surface area contributed by atoms with Crippen LogP contribution in [-0.2, 0) is 9.59 Å². The van der Waals surface area contributed by atoms with Gasteiger partial charge in [-0.05, 0) is 18.6 Å². The molecule has 96 valence electrons. The predicted molar refractivity (Wildman–Crippen MR) is 69.1 cm³/mol. The van der Waals surface area contributed by atoms with Crippen LogP contribution in [0, 0.1) is 0 Å². The first-order valence-electron chi connectivity index (χ1n) is 6.03. The molecule has 1 heterocycles. The number of amides is 2. The molecule has 5 heteroatoms. The zero-order valence-corrected chi connectivity index (χ0v) is 10.3. The normalized spacial score (nSPS) is 16.8. The van der Waals surface area contributed by atoms with Crippen molar-refractivity contribution in [2.45, 2.75) is 12.8 Å². The van der Waals surface area contributed by atoms with Crippen LogP contribution in [-0.4, -0.2) is 36.3 Å². The summed E-state index contributed by atoms with van der Waals surface area (Å²) in [5.74, 6) is -0.751. The molecule has 2 rings (SSSR count). The van der Waals surface area contributed by atoms with E-state index in [1.54, 1.807) is 0 Å². The molecule has 1 aliphatic heterocycles. The number of carbonyl (C=O) groups excluding carboxylic acids is 2. The predicted octanol–water partition coefficient (Wildman–Crippen LogP) is 0.529. The molecule has 2 amide bonds. The number of hydrogen-bond acceptors (Lipinski definition) is 3. The zero-order valence-electron chi connectivity index (χ0n) is 10.3. The van der Waals surface area contributed by atoms with Crippen LogP contribution in [0.3, 0.4) is 0 Å². The van der Waals surface area contributed by atoms with Gasteiger partial charge >= 0.3 is 0 Å².